The molecule has 0 aliphatic heterocycles. The van der Waals surface area contributed by atoms with Gasteiger partial charge in [-0.15, -0.1) is 0 Å². The second kappa shape index (κ2) is 7.13. The van der Waals surface area contributed by atoms with Gasteiger partial charge in [-0.3, -0.25) is 4.79 Å². The van der Waals surface area contributed by atoms with Gasteiger partial charge in [-0.2, -0.15) is 0 Å². The summed E-state index contributed by atoms with van der Waals surface area (Å²) in [4.78, 5) is 10.3. The van der Waals surface area contributed by atoms with Crippen LogP contribution in [-0.2, 0) is 14.6 Å². The third-order valence-corrected chi connectivity index (χ3v) is 4.05. The highest BCUT2D eigenvalue weighted by molar-refractivity contribution is 7.92. The summed E-state index contributed by atoms with van der Waals surface area (Å²) in [6.07, 6.45) is 0.980. The van der Waals surface area contributed by atoms with E-state index in [0.717, 1.165) is 11.3 Å². The fraction of sp³-hybridized carbons (Fsp3) is 0.462. The molecule has 1 aromatic rings. The van der Waals surface area contributed by atoms with Crippen molar-refractivity contribution in [1.29, 1.82) is 0 Å². The third kappa shape index (κ3) is 6.81. The Labute approximate surface area is 113 Å². The minimum absolute atomic E-state index is 0.115. The molecule has 1 aromatic carbocycles. The van der Waals surface area contributed by atoms with Gasteiger partial charge in [-0.25, -0.2) is 8.42 Å². The predicted molar refractivity (Wildman–Crippen MR) is 72.2 cm³/mol. The Bertz CT molecular complexity index is 522. The fourth-order valence-corrected chi connectivity index (χ4v) is 2.74. The molecule has 6 heteroatoms. The van der Waals surface area contributed by atoms with Crippen LogP contribution in [0.15, 0.2) is 24.3 Å². The van der Waals surface area contributed by atoms with Crippen molar-refractivity contribution < 1.29 is 23.1 Å². The van der Waals surface area contributed by atoms with Gasteiger partial charge in [0, 0.05) is 0 Å². The van der Waals surface area contributed by atoms with Gasteiger partial charge in [0.2, 0.25) is 0 Å². The first-order chi connectivity index (χ1) is 8.89. The number of rotatable bonds is 8. The fourth-order valence-electron chi connectivity index (χ4n) is 1.58. The lowest BCUT2D eigenvalue weighted by Gasteiger charge is -2.06. The number of ether oxygens (including phenoxy) is 1. The molecule has 0 heterocycles. The van der Waals surface area contributed by atoms with E-state index in [1.807, 2.05) is 31.2 Å². The number of hydrogen-bond acceptors (Lipinski definition) is 4. The van der Waals surface area contributed by atoms with Crippen LogP contribution in [-0.4, -0.2) is 37.6 Å². The average Bonchev–Trinajstić information content (AvgIpc) is 2.26. The molecule has 0 fully saturated rings. The number of benzene rings is 1. The summed E-state index contributed by atoms with van der Waals surface area (Å²) in [5.74, 6) is -1.47. The van der Waals surface area contributed by atoms with E-state index >= 15 is 0 Å². The zero-order chi connectivity index (χ0) is 14.3. The van der Waals surface area contributed by atoms with E-state index in [2.05, 4.69) is 0 Å². The number of aliphatic carboxylic acids is 1. The van der Waals surface area contributed by atoms with E-state index < -0.39 is 21.6 Å². The molecule has 19 heavy (non-hydrogen) atoms. The minimum atomic E-state index is -3.49. The summed E-state index contributed by atoms with van der Waals surface area (Å²) in [6.45, 7) is 2.39. The van der Waals surface area contributed by atoms with Crippen LogP contribution in [0.5, 0.6) is 5.75 Å². The zero-order valence-electron chi connectivity index (χ0n) is 10.8. The Hall–Kier alpha value is -1.56. The van der Waals surface area contributed by atoms with Crippen molar-refractivity contribution in [3.63, 3.8) is 0 Å². The number of aryl methyl sites for hydroxylation is 1. The molecule has 0 atom stereocenters. The van der Waals surface area contributed by atoms with Gasteiger partial charge in [0.25, 0.3) is 0 Å². The molecule has 0 aliphatic carbocycles. The lowest BCUT2D eigenvalue weighted by Crippen LogP contribution is -2.18. The highest BCUT2D eigenvalue weighted by Crippen LogP contribution is 2.12. The van der Waals surface area contributed by atoms with E-state index in [1.54, 1.807) is 0 Å². The van der Waals surface area contributed by atoms with E-state index in [9.17, 15) is 13.2 Å². The molecule has 0 bridgehead atoms. The van der Waals surface area contributed by atoms with Gasteiger partial charge in [0.15, 0.2) is 9.84 Å². The first-order valence-electron chi connectivity index (χ1n) is 6.01. The monoisotopic (exact) mass is 286 g/mol. The van der Waals surface area contributed by atoms with Crippen molar-refractivity contribution >= 4 is 15.8 Å². The van der Waals surface area contributed by atoms with Crippen LogP contribution in [0.1, 0.15) is 18.4 Å². The molecule has 0 spiro atoms. The summed E-state index contributed by atoms with van der Waals surface area (Å²) < 4.78 is 28.1. The molecule has 0 unspecified atom stereocenters. The molecular formula is C13H18O5S. The van der Waals surface area contributed by atoms with Gasteiger partial charge < -0.3 is 9.84 Å². The second-order valence-corrected chi connectivity index (χ2v) is 6.54. The largest absolute Gasteiger partial charge is 0.494 e. The Morgan fingerprint density at radius 1 is 1.32 bits per heavy atom. The molecule has 1 N–H and O–H groups in total. The Morgan fingerprint density at radius 2 is 2.05 bits per heavy atom. The molecule has 0 aliphatic rings. The Kier molecular flexibility index (Phi) is 5.82. The predicted octanol–water partition coefficient (Wildman–Crippen LogP) is 1.65. The van der Waals surface area contributed by atoms with Crippen LogP contribution in [0.3, 0.4) is 0 Å². The first kappa shape index (κ1) is 15.5. The standard InChI is InChI=1S/C13H18O5S/c1-11-5-4-6-12(9-11)18-7-2-3-8-19(16,17)10-13(14)15/h4-6,9H,2-3,7-8,10H2,1H3,(H,14,15). The molecule has 1 rings (SSSR count). The number of hydrogen-bond donors (Lipinski definition) is 1. The summed E-state index contributed by atoms with van der Waals surface area (Å²) in [6, 6.07) is 7.60. The van der Waals surface area contributed by atoms with Crippen molar-refractivity contribution in [2.45, 2.75) is 19.8 Å². The maximum Gasteiger partial charge on any atom is 0.318 e. The van der Waals surface area contributed by atoms with Crippen LogP contribution in [0.2, 0.25) is 0 Å². The van der Waals surface area contributed by atoms with Gasteiger partial charge in [-0.05, 0) is 37.5 Å². The summed E-state index contributed by atoms with van der Waals surface area (Å²) in [7, 11) is -3.49. The maximum atomic E-state index is 11.3. The molecule has 106 valence electrons. The molecule has 5 nitrogen and oxygen atoms in total. The lowest BCUT2D eigenvalue weighted by atomic mass is 10.2. The van der Waals surface area contributed by atoms with Gasteiger partial charge >= 0.3 is 5.97 Å². The maximum absolute atomic E-state index is 11.3. The first-order valence-corrected chi connectivity index (χ1v) is 7.83. The van der Waals surface area contributed by atoms with E-state index in [1.165, 1.54) is 0 Å². The zero-order valence-corrected chi connectivity index (χ0v) is 11.6. The van der Waals surface area contributed by atoms with Gasteiger partial charge in [-0.1, -0.05) is 12.1 Å². The number of carboxylic acids is 1. The third-order valence-electron chi connectivity index (χ3n) is 2.45. The average molecular weight is 286 g/mol. The normalized spacial score (nSPS) is 11.2. The summed E-state index contributed by atoms with van der Waals surface area (Å²) in [5.41, 5.74) is 1.10. The summed E-state index contributed by atoms with van der Waals surface area (Å²) in [5, 5.41) is 8.42. The van der Waals surface area contributed by atoms with Crippen molar-refractivity contribution in [2.24, 2.45) is 0 Å². The Morgan fingerprint density at radius 3 is 2.68 bits per heavy atom. The number of unbranched alkanes of at least 4 members (excludes halogenated alkanes) is 1. The highest BCUT2D eigenvalue weighted by Gasteiger charge is 2.14. The molecular weight excluding hydrogens is 268 g/mol. The van der Waals surface area contributed by atoms with Gasteiger partial charge in [0.05, 0.1) is 12.4 Å². The number of carbonyl (C=O) groups is 1. The molecule has 0 aromatic heterocycles. The SMILES string of the molecule is Cc1cccc(OCCCCS(=O)(=O)CC(=O)O)c1. The van der Waals surface area contributed by atoms with E-state index in [4.69, 9.17) is 9.84 Å². The summed E-state index contributed by atoms with van der Waals surface area (Å²) >= 11 is 0. The second-order valence-electron chi connectivity index (χ2n) is 4.36. The molecule has 0 saturated carbocycles. The van der Waals surface area contributed by atoms with Crippen LogP contribution in [0.25, 0.3) is 0 Å². The van der Waals surface area contributed by atoms with E-state index in [-0.39, 0.29) is 5.75 Å². The van der Waals surface area contributed by atoms with Crippen molar-refractivity contribution in [3.05, 3.63) is 29.8 Å². The van der Waals surface area contributed by atoms with Crippen LogP contribution in [0.4, 0.5) is 0 Å². The molecule has 0 radical (unpaired) electrons. The highest BCUT2D eigenvalue weighted by atomic mass is 32.2. The molecule has 0 amide bonds. The van der Waals surface area contributed by atoms with Crippen molar-refractivity contribution in [2.75, 3.05) is 18.1 Å². The van der Waals surface area contributed by atoms with Crippen LogP contribution < -0.4 is 4.74 Å². The molecule has 0 saturated heterocycles. The van der Waals surface area contributed by atoms with Crippen molar-refractivity contribution in [1.82, 2.24) is 0 Å². The van der Waals surface area contributed by atoms with Gasteiger partial charge in [0.1, 0.15) is 11.5 Å². The number of carboxylic acid groups (broad SMARTS) is 1. The van der Waals surface area contributed by atoms with Crippen LogP contribution >= 0.6 is 0 Å². The van der Waals surface area contributed by atoms with Crippen LogP contribution in [0, 0.1) is 6.92 Å². The quantitative estimate of drug-likeness (QED) is 0.735. The lowest BCUT2D eigenvalue weighted by molar-refractivity contribution is -0.134. The number of sulfone groups is 1. The Balaban J connectivity index is 2.23. The minimum Gasteiger partial charge on any atom is -0.494 e. The van der Waals surface area contributed by atoms with E-state index in [0.29, 0.717) is 19.4 Å². The van der Waals surface area contributed by atoms with Crippen molar-refractivity contribution in [3.8, 4) is 5.75 Å². The smallest absolute Gasteiger partial charge is 0.318 e. The topological polar surface area (TPSA) is 80.7 Å².